The minimum absolute atomic E-state index is 0.00755. The van der Waals surface area contributed by atoms with Gasteiger partial charge in [-0.1, -0.05) is 12.1 Å². The van der Waals surface area contributed by atoms with E-state index >= 15 is 0 Å². The van der Waals surface area contributed by atoms with Crippen LogP contribution in [0.15, 0.2) is 24.3 Å². The number of benzene rings is 1. The normalized spacial score (nSPS) is 24.7. The summed E-state index contributed by atoms with van der Waals surface area (Å²) < 4.78 is 13.6. The van der Waals surface area contributed by atoms with Gasteiger partial charge in [0.15, 0.2) is 0 Å². The summed E-state index contributed by atoms with van der Waals surface area (Å²) >= 11 is 0. The first-order valence-corrected chi connectivity index (χ1v) is 8.23. The van der Waals surface area contributed by atoms with Gasteiger partial charge in [-0.3, -0.25) is 9.59 Å². The van der Waals surface area contributed by atoms with Crippen molar-refractivity contribution in [3.8, 4) is 0 Å². The molecule has 1 aliphatic carbocycles. The molecule has 0 N–H and O–H groups in total. The van der Waals surface area contributed by atoms with Gasteiger partial charge in [-0.15, -0.1) is 0 Å². The van der Waals surface area contributed by atoms with E-state index in [-0.39, 0.29) is 29.6 Å². The first-order valence-electron chi connectivity index (χ1n) is 8.23. The van der Waals surface area contributed by atoms with Gasteiger partial charge in [0.1, 0.15) is 5.82 Å². The van der Waals surface area contributed by atoms with E-state index in [1.165, 1.54) is 25.0 Å². The first kappa shape index (κ1) is 16.0. The Morgan fingerprint density at radius 3 is 2.74 bits per heavy atom. The molecule has 0 spiro atoms. The van der Waals surface area contributed by atoms with Crippen LogP contribution < -0.4 is 0 Å². The summed E-state index contributed by atoms with van der Waals surface area (Å²) in [7, 11) is 3.54. The maximum absolute atomic E-state index is 13.6. The number of likely N-dealkylation sites (tertiary alicyclic amines) is 1. The molecular weight excluding hydrogens is 295 g/mol. The maximum Gasteiger partial charge on any atom is 0.227 e. The van der Waals surface area contributed by atoms with E-state index < -0.39 is 0 Å². The van der Waals surface area contributed by atoms with Crippen LogP contribution in [0.4, 0.5) is 4.39 Å². The lowest BCUT2D eigenvalue weighted by Crippen LogP contribution is -2.47. The summed E-state index contributed by atoms with van der Waals surface area (Å²) in [6, 6.07) is 5.85. The standard InChI is InChI=1S/C18H23FN2O2/c1-20(11-12-6-7-12)18(23)15-8-9-16(22)21(2)17(15)13-4-3-5-14(19)10-13/h3-5,10,12,15,17H,6-9,11H2,1-2H3/t15-,17-/m1/s1. The van der Waals surface area contributed by atoms with Gasteiger partial charge in [-0.05, 0) is 42.9 Å². The minimum Gasteiger partial charge on any atom is -0.345 e. The highest BCUT2D eigenvalue weighted by molar-refractivity contribution is 5.84. The lowest BCUT2D eigenvalue weighted by Gasteiger charge is -2.40. The summed E-state index contributed by atoms with van der Waals surface area (Å²) in [6.45, 7) is 0.781. The van der Waals surface area contributed by atoms with Gasteiger partial charge in [0.2, 0.25) is 11.8 Å². The van der Waals surface area contributed by atoms with Gasteiger partial charge >= 0.3 is 0 Å². The van der Waals surface area contributed by atoms with Crippen LogP contribution >= 0.6 is 0 Å². The van der Waals surface area contributed by atoms with E-state index in [2.05, 4.69) is 0 Å². The van der Waals surface area contributed by atoms with Crippen LogP contribution in [0, 0.1) is 17.7 Å². The SMILES string of the molecule is CN(CC1CC1)C(=O)[C@@H]1CCC(=O)N(C)[C@@H]1c1cccc(F)c1. The van der Waals surface area contributed by atoms with Crippen molar-refractivity contribution in [2.45, 2.75) is 31.7 Å². The highest BCUT2D eigenvalue weighted by atomic mass is 19.1. The first-order chi connectivity index (χ1) is 11.0. The van der Waals surface area contributed by atoms with Crippen molar-refractivity contribution in [2.75, 3.05) is 20.6 Å². The number of amides is 2. The van der Waals surface area contributed by atoms with Gasteiger partial charge in [-0.25, -0.2) is 4.39 Å². The fraction of sp³-hybridized carbons (Fsp3) is 0.556. The molecule has 0 aromatic heterocycles. The minimum atomic E-state index is -0.388. The van der Waals surface area contributed by atoms with E-state index in [4.69, 9.17) is 0 Å². The quantitative estimate of drug-likeness (QED) is 0.856. The maximum atomic E-state index is 13.6. The third-order valence-corrected chi connectivity index (χ3v) is 4.97. The van der Waals surface area contributed by atoms with E-state index in [9.17, 15) is 14.0 Å². The van der Waals surface area contributed by atoms with Crippen molar-refractivity contribution in [1.82, 2.24) is 9.80 Å². The number of rotatable bonds is 4. The molecule has 1 aromatic carbocycles. The third kappa shape index (κ3) is 3.38. The largest absolute Gasteiger partial charge is 0.345 e. The van der Waals surface area contributed by atoms with Crippen molar-refractivity contribution in [3.05, 3.63) is 35.6 Å². The smallest absolute Gasteiger partial charge is 0.227 e. The molecule has 0 bridgehead atoms. The van der Waals surface area contributed by atoms with Gasteiger partial charge in [0.25, 0.3) is 0 Å². The van der Waals surface area contributed by atoms with E-state index in [1.807, 2.05) is 7.05 Å². The zero-order valence-corrected chi connectivity index (χ0v) is 13.7. The fourth-order valence-corrected chi connectivity index (χ4v) is 3.50. The van der Waals surface area contributed by atoms with E-state index in [1.54, 1.807) is 29.0 Å². The average molecular weight is 318 g/mol. The summed E-state index contributed by atoms with van der Waals surface area (Å²) in [5.74, 6) is 0.0490. The Balaban J connectivity index is 1.86. The van der Waals surface area contributed by atoms with Gasteiger partial charge < -0.3 is 9.80 Å². The number of hydrogen-bond donors (Lipinski definition) is 0. The van der Waals surface area contributed by atoms with Crippen LogP contribution in [0.1, 0.15) is 37.3 Å². The molecular formula is C18H23FN2O2. The molecule has 1 heterocycles. The molecule has 1 aromatic rings. The molecule has 0 radical (unpaired) electrons. The van der Waals surface area contributed by atoms with Crippen LogP contribution in [0.3, 0.4) is 0 Å². The molecule has 3 rings (SSSR count). The molecule has 5 heteroatoms. The second kappa shape index (κ2) is 6.30. The molecule has 1 aliphatic heterocycles. The molecule has 0 unspecified atom stereocenters. The predicted octanol–water partition coefficient (Wildman–Crippen LogP) is 2.60. The van der Waals surface area contributed by atoms with Gasteiger partial charge in [-0.2, -0.15) is 0 Å². The Bertz CT molecular complexity index is 615. The highest BCUT2D eigenvalue weighted by Crippen LogP contribution is 2.38. The van der Waals surface area contributed by atoms with Crippen molar-refractivity contribution in [2.24, 2.45) is 11.8 Å². The fourth-order valence-electron chi connectivity index (χ4n) is 3.50. The van der Waals surface area contributed by atoms with E-state index in [0.717, 1.165) is 6.54 Å². The summed E-state index contributed by atoms with van der Waals surface area (Å²) in [4.78, 5) is 28.4. The van der Waals surface area contributed by atoms with Crippen LogP contribution in [0.5, 0.6) is 0 Å². The summed E-state index contributed by atoms with van der Waals surface area (Å²) in [5.41, 5.74) is 0.693. The monoisotopic (exact) mass is 318 g/mol. The molecule has 2 atom stereocenters. The van der Waals surface area contributed by atoms with Crippen LogP contribution in [0.2, 0.25) is 0 Å². The number of carbonyl (C=O) groups is 2. The Kier molecular flexibility index (Phi) is 4.37. The zero-order chi connectivity index (χ0) is 16.6. The molecule has 23 heavy (non-hydrogen) atoms. The topological polar surface area (TPSA) is 40.6 Å². The Labute approximate surface area is 136 Å². The number of hydrogen-bond acceptors (Lipinski definition) is 2. The number of carbonyl (C=O) groups excluding carboxylic acids is 2. The zero-order valence-electron chi connectivity index (χ0n) is 13.7. The van der Waals surface area contributed by atoms with Crippen molar-refractivity contribution >= 4 is 11.8 Å². The second-order valence-corrected chi connectivity index (χ2v) is 6.81. The Morgan fingerprint density at radius 2 is 2.09 bits per heavy atom. The molecule has 2 fully saturated rings. The summed E-state index contributed by atoms with van der Waals surface area (Å²) in [6.07, 6.45) is 3.27. The lowest BCUT2D eigenvalue weighted by atomic mass is 9.83. The molecule has 4 nitrogen and oxygen atoms in total. The number of nitrogens with zero attached hydrogens (tertiary/aromatic N) is 2. The molecule has 2 amide bonds. The van der Waals surface area contributed by atoms with Crippen LogP contribution in [-0.2, 0) is 9.59 Å². The van der Waals surface area contributed by atoms with Gasteiger partial charge in [0, 0.05) is 27.1 Å². The third-order valence-electron chi connectivity index (χ3n) is 4.97. The second-order valence-electron chi connectivity index (χ2n) is 6.81. The molecule has 124 valence electrons. The summed E-state index contributed by atoms with van der Waals surface area (Å²) in [5, 5.41) is 0. The Morgan fingerprint density at radius 1 is 1.35 bits per heavy atom. The van der Waals surface area contributed by atoms with Crippen molar-refractivity contribution in [1.29, 1.82) is 0 Å². The number of piperidine rings is 1. The molecule has 1 saturated carbocycles. The van der Waals surface area contributed by atoms with Crippen LogP contribution in [-0.4, -0.2) is 42.3 Å². The molecule has 1 saturated heterocycles. The molecule has 2 aliphatic rings. The Hall–Kier alpha value is -1.91. The van der Waals surface area contributed by atoms with Crippen LogP contribution in [0.25, 0.3) is 0 Å². The average Bonchev–Trinajstić information content (AvgIpc) is 3.33. The van der Waals surface area contributed by atoms with E-state index in [0.29, 0.717) is 24.3 Å². The highest BCUT2D eigenvalue weighted by Gasteiger charge is 2.40. The predicted molar refractivity (Wildman–Crippen MR) is 85.0 cm³/mol. The number of halogens is 1. The lowest BCUT2D eigenvalue weighted by molar-refractivity contribution is -0.146. The van der Waals surface area contributed by atoms with Crippen molar-refractivity contribution in [3.63, 3.8) is 0 Å². The van der Waals surface area contributed by atoms with Crippen molar-refractivity contribution < 1.29 is 14.0 Å². The van der Waals surface area contributed by atoms with Gasteiger partial charge in [0.05, 0.1) is 12.0 Å².